The average Bonchev–Trinajstić information content (AvgIpc) is 2.86. The Morgan fingerprint density at radius 1 is 1.44 bits per heavy atom. The fourth-order valence-electron chi connectivity index (χ4n) is 2.41. The first-order valence-electron chi connectivity index (χ1n) is 6.26. The predicted molar refractivity (Wildman–Crippen MR) is 76.1 cm³/mol. The fourth-order valence-corrected chi connectivity index (χ4v) is 3.30. The van der Waals surface area contributed by atoms with Crippen LogP contribution in [-0.2, 0) is 19.5 Å². The summed E-state index contributed by atoms with van der Waals surface area (Å²) in [5, 5.41) is 5.35. The SMILES string of the molecule is CNCc1cc(N2CCc3sccc3C2)ccn1. The zero-order chi connectivity index (χ0) is 12.4. The first kappa shape index (κ1) is 11.7. The van der Waals surface area contributed by atoms with E-state index >= 15 is 0 Å². The summed E-state index contributed by atoms with van der Waals surface area (Å²) >= 11 is 1.88. The van der Waals surface area contributed by atoms with E-state index in [0.29, 0.717) is 0 Å². The molecule has 0 bridgehead atoms. The van der Waals surface area contributed by atoms with Crippen LogP contribution >= 0.6 is 11.3 Å². The van der Waals surface area contributed by atoms with Crippen LogP contribution in [-0.4, -0.2) is 18.6 Å². The highest BCUT2D eigenvalue weighted by atomic mass is 32.1. The highest BCUT2D eigenvalue weighted by Crippen LogP contribution is 2.27. The predicted octanol–water partition coefficient (Wildman–Crippen LogP) is 2.43. The Bertz CT molecular complexity index is 535. The van der Waals surface area contributed by atoms with Gasteiger partial charge in [0.25, 0.3) is 0 Å². The van der Waals surface area contributed by atoms with Gasteiger partial charge in [0.15, 0.2) is 0 Å². The molecule has 0 aliphatic carbocycles. The number of fused-ring (bicyclic) bond motifs is 1. The summed E-state index contributed by atoms with van der Waals surface area (Å²) in [7, 11) is 1.95. The first-order chi connectivity index (χ1) is 8.86. The molecule has 0 saturated carbocycles. The van der Waals surface area contributed by atoms with E-state index in [1.807, 2.05) is 24.6 Å². The fraction of sp³-hybridized carbons (Fsp3) is 0.357. The summed E-state index contributed by atoms with van der Waals surface area (Å²) in [5.74, 6) is 0. The van der Waals surface area contributed by atoms with Gasteiger partial charge in [-0.1, -0.05) is 0 Å². The Hall–Kier alpha value is -1.39. The van der Waals surface area contributed by atoms with Crippen molar-refractivity contribution in [2.45, 2.75) is 19.5 Å². The van der Waals surface area contributed by atoms with Gasteiger partial charge in [0.2, 0.25) is 0 Å². The molecule has 0 saturated heterocycles. The van der Waals surface area contributed by atoms with Crippen LogP contribution in [0.25, 0.3) is 0 Å². The van der Waals surface area contributed by atoms with Gasteiger partial charge in [-0.15, -0.1) is 11.3 Å². The maximum atomic E-state index is 4.37. The Morgan fingerprint density at radius 2 is 2.39 bits per heavy atom. The van der Waals surface area contributed by atoms with Crippen molar-refractivity contribution in [1.29, 1.82) is 0 Å². The summed E-state index contributed by atoms with van der Waals surface area (Å²) in [6.07, 6.45) is 3.07. The number of nitrogens with one attached hydrogen (secondary N) is 1. The third-order valence-electron chi connectivity index (χ3n) is 3.33. The van der Waals surface area contributed by atoms with E-state index in [1.165, 1.54) is 11.3 Å². The number of aromatic nitrogens is 1. The van der Waals surface area contributed by atoms with E-state index in [0.717, 1.165) is 31.7 Å². The van der Waals surface area contributed by atoms with Gasteiger partial charge in [0.1, 0.15) is 0 Å². The lowest BCUT2D eigenvalue weighted by Gasteiger charge is -2.29. The summed E-state index contributed by atoms with van der Waals surface area (Å²) in [6.45, 7) is 2.96. The van der Waals surface area contributed by atoms with Gasteiger partial charge in [-0.05, 0) is 42.6 Å². The van der Waals surface area contributed by atoms with E-state index in [2.05, 4.69) is 38.8 Å². The molecule has 0 amide bonds. The van der Waals surface area contributed by atoms with Crippen molar-refractivity contribution in [3.05, 3.63) is 45.9 Å². The van der Waals surface area contributed by atoms with Crippen LogP contribution in [0.1, 0.15) is 16.1 Å². The van der Waals surface area contributed by atoms with Crippen molar-refractivity contribution in [2.24, 2.45) is 0 Å². The molecule has 0 aromatic carbocycles. The Morgan fingerprint density at radius 3 is 3.28 bits per heavy atom. The molecule has 0 spiro atoms. The second kappa shape index (κ2) is 5.08. The molecule has 1 aliphatic heterocycles. The molecule has 1 aliphatic rings. The number of nitrogens with zero attached hydrogens (tertiary/aromatic N) is 2. The van der Waals surface area contributed by atoms with Gasteiger partial charge >= 0.3 is 0 Å². The summed E-state index contributed by atoms with van der Waals surface area (Å²) in [4.78, 5) is 8.36. The molecule has 2 aromatic heterocycles. The molecule has 3 nitrogen and oxygen atoms in total. The van der Waals surface area contributed by atoms with Crippen LogP contribution < -0.4 is 10.2 Å². The van der Waals surface area contributed by atoms with Crippen molar-refractivity contribution in [3.8, 4) is 0 Å². The van der Waals surface area contributed by atoms with Crippen molar-refractivity contribution in [3.63, 3.8) is 0 Å². The minimum Gasteiger partial charge on any atom is -0.367 e. The Balaban J connectivity index is 1.81. The van der Waals surface area contributed by atoms with Gasteiger partial charge in [-0.3, -0.25) is 4.98 Å². The van der Waals surface area contributed by atoms with Crippen molar-refractivity contribution >= 4 is 17.0 Å². The summed E-state index contributed by atoms with van der Waals surface area (Å²) in [5.41, 5.74) is 3.87. The number of pyridine rings is 1. The Labute approximate surface area is 111 Å². The third-order valence-corrected chi connectivity index (χ3v) is 4.35. The van der Waals surface area contributed by atoms with E-state index in [4.69, 9.17) is 0 Å². The van der Waals surface area contributed by atoms with Crippen molar-refractivity contribution < 1.29 is 0 Å². The standard InChI is InChI=1S/C14H17N3S/c1-15-9-12-8-13(2-5-16-12)17-6-3-14-11(10-17)4-7-18-14/h2,4-5,7-8,15H,3,6,9-10H2,1H3. The van der Waals surface area contributed by atoms with Crippen molar-refractivity contribution in [2.75, 3.05) is 18.5 Å². The van der Waals surface area contributed by atoms with Crippen LogP contribution in [0.2, 0.25) is 0 Å². The first-order valence-corrected chi connectivity index (χ1v) is 7.14. The molecule has 94 valence electrons. The molecule has 0 radical (unpaired) electrons. The molecule has 0 unspecified atom stereocenters. The zero-order valence-corrected chi connectivity index (χ0v) is 11.3. The molecule has 3 heterocycles. The molecule has 0 atom stereocenters. The van der Waals surface area contributed by atoms with Crippen LogP contribution in [0.5, 0.6) is 0 Å². The van der Waals surface area contributed by atoms with Crippen LogP contribution in [0.3, 0.4) is 0 Å². The van der Waals surface area contributed by atoms with Gasteiger partial charge in [0.05, 0.1) is 5.69 Å². The third kappa shape index (κ3) is 2.26. The van der Waals surface area contributed by atoms with E-state index in [-0.39, 0.29) is 0 Å². The molecule has 18 heavy (non-hydrogen) atoms. The molecule has 2 aromatic rings. The maximum absolute atomic E-state index is 4.37. The number of anilines is 1. The van der Waals surface area contributed by atoms with Crippen LogP contribution in [0.4, 0.5) is 5.69 Å². The van der Waals surface area contributed by atoms with Crippen LogP contribution in [0, 0.1) is 0 Å². The number of hydrogen-bond donors (Lipinski definition) is 1. The van der Waals surface area contributed by atoms with Crippen LogP contribution in [0.15, 0.2) is 29.8 Å². The highest BCUT2D eigenvalue weighted by Gasteiger charge is 2.17. The lowest BCUT2D eigenvalue weighted by molar-refractivity contribution is 0.737. The number of rotatable bonds is 3. The molecule has 4 heteroatoms. The van der Waals surface area contributed by atoms with Gasteiger partial charge in [-0.25, -0.2) is 0 Å². The lowest BCUT2D eigenvalue weighted by Crippen LogP contribution is -2.29. The number of hydrogen-bond acceptors (Lipinski definition) is 4. The molecular weight excluding hydrogens is 242 g/mol. The molecule has 3 rings (SSSR count). The quantitative estimate of drug-likeness (QED) is 0.917. The topological polar surface area (TPSA) is 28.2 Å². The van der Waals surface area contributed by atoms with Gasteiger partial charge < -0.3 is 10.2 Å². The highest BCUT2D eigenvalue weighted by molar-refractivity contribution is 7.10. The van der Waals surface area contributed by atoms with E-state index < -0.39 is 0 Å². The number of thiophene rings is 1. The largest absolute Gasteiger partial charge is 0.367 e. The maximum Gasteiger partial charge on any atom is 0.0562 e. The Kier molecular flexibility index (Phi) is 3.30. The lowest BCUT2D eigenvalue weighted by atomic mass is 10.1. The normalized spacial score (nSPS) is 14.6. The second-order valence-electron chi connectivity index (χ2n) is 4.58. The molecule has 1 N–H and O–H groups in total. The minimum atomic E-state index is 0.825. The average molecular weight is 259 g/mol. The summed E-state index contributed by atoms with van der Waals surface area (Å²) < 4.78 is 0. The monoisotopic (exact) mass is 259 g/mol. The minimum absolute atomic E-state index is 0.825. The van der Waals surface area contributed by atoms with Gasteiger partial charge in [-0.2, -0.15) is 0 Å². The zero-order valence-electron chi connectivity index (χ0n) is 10.5. The van der Waals surface area contributed by atoms with E-state index in [9.17, 15) is 0 Å². The molecular formula is C14H17N3S. The van der Waals surface area contributed by atoms with Gasteiger partial charge in [0, 0.05) is 36.4 Å². The molecule has 0 fully saturated rings. The van der Waals surface area contributed by atoms with Crippen molar-refractivity contribution in [1.82, 2.24) is 10.3 Å². The summed E-state index contributed by atoms with van der Waals surface area (Å²) in [6, 6.07) is 6.55. The second-order valence-corrected chi connectivity index (χ2v) is 5.58. The smallest absolute Gasteiger partial charge is 0.0562 e. The van der Waals surface area contributed by atoms with E-state index in [1.54, 1.807) is 4.88 Å².